The molecule has 9 heteroatoms. The van der Waals surface area contributed by atoms with E-state index < -0.39 is 5.82 Å². The van der Waals surface area contributed by atoms with Gasteiger partial charge in [-0.2, -0.15) is 15.0 Å². The number of pyridine rings is 1. The second-order valence-electron chi connectivity index (χ2n) is 6.87. The predicted octanol–water partition coefficient (Wildman–Crippen LogP) is 3.50. The van der Waals surface area contributed by atoms with E-state index in [-0.39, 0.29) is 11.8 Å². The van der Waals surface area contributed by atoms with E-state index in [0.29, 0.717) is 36.8 Å². The van der Waals surface area contributed by atoms with Crippen LogP contribution in [0.25, 0.3) is 5.69 Å². The molecule has 0 radical (unpaired) electrons. The van der Waals surface area contributed by atoms with Gasteiger partial charge in [0, 0.05) is 29.5 Å². The first kappa shape index (κ1) is 19.5. The zero-order chi connectivity index (χ0) is 20.2. The number of benzene rings is 1. The number of rotatable bonds is 5. The van der Waals surface area contributed by atoms with Gasteiger partial charge in [-0.3, -0.25) is 4.79 Å². The highest BCUT2D eigenvalue weighted by molar-refractivity contribution is 9.10. The summed E-state index contributed by atoms with van der Waals surface area (Å²) in [5.74, 6) is 0.0957. The van der Waals surface area contributed by atoms with Crippen LogP contribution in [0.5, 0.6) is 5.88 Å². The van der Waals surface area contributed by atoms with Gasteiger partial charge in [0.15, 0.2) is 0 Å². The predicted molar refractivity (Wildman–Crippen MR) is 107 cm³/mol. The van der Waals surface area contributed by atoms with Crippen molar-refractivity contribution in [3.63, 3.8) is 0 Å². The first-order valence-corrected chi connectivity index (χ1v) is 10.1. The van der Waals surface area contributed by atoms with Crippen molar-refractivity contribution in [1.29, 1.82) is 0 Å². The average molecular weight is 460 g/mol. The molecule has 0 spiro atoms. The number of hydrogen-bond donors (Lipinski definition) is 0. The van der Waals surface area contributed by atoms with Crippen molar-refractivity contribution < 1.29 is 13.9 Å². The van der Waals surface area contributed by atoms with Crippen LogP contribution in [0.1, 0.15) is 23.2 Å². The number of carbonyl (C=O) groups is 1. The van der Waals surface area contributed by atoms with Gasteiger partial charge < -0.3 is 9.64 Å². The number of ether oxygens (including phenoxy) is 1. The van der Waals surface area contributed by atoms with E-state index >= 15 is 0 Å². The Kier molecular flexibility index (Phi) is 5.84. The van der Waals surface area contributed by atoms with Crippen LogP contribution in [0.2, 0.25) is 0 Å². The molecule has 0 aliphatic carbocycles. The Morgan fingerprint density at radius 3 is 2.83 bits per heavy atom. The lowest BCUT2D eigenvalue weighted by atomic mass is 9.98. The van der Waals surface area contributed by atoms with E-state index in [0.717, 1.165) is 23.5 Å². The molecule has 0 saturated carbocycles. The summed E-state index contributed by atoms with van der Waals surface area (Å²) in [5.41, 5.74) is 1.18. The Labute approximate surface area is 175 Å². The number of piperidine rings is 1. The quantitative estimate of drug-likeness (QED) is 0.583. The fraction of sp³-hybridized carbons (Fsp3) is 0.300. The molecule has 1 unspecified atom stereocenters. The molecule has 0 N–H and O–H groups in total. The maximum Gasteiger partial charge on any atom is 0.256 e. The van der Waals surface area contributed by atoms with Crippen LogP contribution < -0.4 is 4.74 Å². The molecule has 1 aromatic carbocycles. The van der Waals surface area contributed by atoms with Crippen molar-refractivity contribution in [3.05, 3.63) is 64.8 Å². The molecule has 1 amide bonds. The summed E-state index contributed by atoms with van der Waals surface area (Å²) in [7, 11) is 0. The monoisotopic (exact) mass is 459 g/mol. The minimum Gasteiger partial charge on any atom is -0.477 e. The zero-order valence-electron chi connectivity index (χ0n) is 15.5. The van der Waals surface area contributed by atoms with E-state index in [4.69, 9.17) is 4.74 Å². The van der Waals surface area contributed by atoms with Crippen LogP contribution in [-0.4, -0.2) is 50.5 Å². The van der Waals surface area contributed by atoms with Gasteiger partial charge in [-0.15, -0.1) is 0 Å². The Morgan fingerprint density at radius 2 is 2.07 bits per heavy atom. The lowest BCUT2D eigenvalue weighted by Crippen LogP contribution is -2.42. The molecule has 7 nitrogen and oxygen atoms in total. The molecule has 1 atom stereocenters. The number of nitrogens with zero attached hydrogens (tertiary/aromatic N) is 5. The molecule has 29 heavy (non-hydrogen) atoms. The third-order valence-electron chi connectivity index (χ3n) is 4.80. The smallest absolute Gasteiger partial charge is 0.256 e. The van der Waals surface area contributed by atoms with Crippen molar-refractivity contribution >= 4 is 21.8 Å². The summed E-state index contributed by atoms with van der Waals surface area (Å²) in [6.07, 6.45) is 6.13. The van der Waals surface area contributed by atoms with Crippen LogP contribution in [0.4, 0.5) is 4.39 Å². The number of halogens is 2. The summed E-state index contributed by atoms with van der Waals surface area (Å²) in [6.45, 7) is 1.69. The number of amides is 1. The maximum atomic E-state index is 13.3. The molecular weight excluding hydrogens is 441 g/mol. The molecule has 1 fully saturated rings. The van der Waals surface area contributed by atoms with Gasteiger partial charge >= 0.3 is 0 Å². The second-order valence-corrected chi connectivity index (χ2v) is 7.78. The number of carbonyl (C=O) groups excluding carboxylic acids is 1. The van der Waals surface area contributed by atoms with Crippen LogP contribution in [-0.2, 0) is 0 Å². The first-order valence-electron chi connectivity index (χ1n) is 9.30. The SMILES string of the molecule is O=C(c1cc(Br)ccc1-n1nccn1)N1CCCC(COc2ccc(F)cn2)C1. The van der Waals surface area contributed by atoms with E-state index in [1.807, 2.05) is 17.0 Å². The standard InChI is InChI=1S/C20H19BrFN5O2/c21-15-3-5-18(27-24-7-8-25-27)17(10-15)20(28)26-9-1-2-14(12-26)13-29-19-6-4-16(22)11-23-19/h3-8,10-11,14H,1-2,9,12-13H2. The molecular formula is C20H19BrFN5O2. The van der Waals surface area contributed by atoms with E-state index in [2.05, 4.69) is 31.1 Å². The largest absolute Gasteiger partial charge is 0.477 e. The van der Waals surface area contributed by atoms with Crippen molar-refractivity contribution in [2.24, 2.45) is 5.92 Å². The lowest BCUT2D eigenvalue weighted by molar-refractivity contribution is 0.0630. The molecule has 0 bridgehead atoms. The van der Waals surface area contributed by atoms with Crippen LogP contribution in [0.3, 0.4) is 0 Å². The molecule has 1 saturated heterocycles. The van der Waals surface area contributed by atoms with Crippen molar-refractivity contribution in [2.45, 2.75) is 12.8 Å². The van der Waals surface area contributed by atoms with Gasteiger partial charge in [0.05, 0.1) is 36.4 Å². The first-order chi connectivity index (χ1) is 14.1. The van der Waals surface area contributed by atoms with E-state index in [1.165, 1.54) is 16.9 Å². The second kappa shape index (κ2) is 8.69. The van der Waals surface area contributed by atoms with Crippen LogP contribution in [0, 0.1) is 11.7 Å². The number of aromatic nitrogens is 4. The molecule has 1 aliphatic rings. The van der Waals surface area contributed by atoms with Gasteiger partial charge in [-0.05, 0) is 37.1 Å². The maximum absolute atomic E-state index is 13.3. The number of likely N-dealkylation sites (tertiary alicyclic amines) is 1. The molecule has 3 aromatic rings. The van der Waals surface area contributed by atoms with Gasteiger partial charge in [0.2, 0.25) is 5.88 Å². The minimum atomic E-state index is -0.400. The molecule has 150 valence electrons. The van der Waals surface area contributed by atoms with Crippen molar-refractivity contribution in [2.75, 3.05) is 19.7 Å². The molecule has 2 aromatic heterocycles. The summed E-state index contributed by atoms with van der Waals surface area (Å²) >= 11 is 3.45. The van der Waals surface area contributed by atoms with E-state index in [1.54, 1.807) is 18.5 Å². The zero-order valence-corrected chi connectivity index (χ0v) is 17.1. The molecule has 3 heterocycles. The fourth-order valence-electron chi connectivity index (χ4n) is 3.40. The fourth-order valence-corrected chi connectivity index (χ4v) is 3.76. The Hall–Kier alpha value is -2.81. The van der Waals surface area contributed by atoms with Crippen molar-refractivity contribution in [3.8, 4) is 11.6 Å². The average Bonchev–Trinajstić information content (AvgIpc) is 3.28. The van der Waals surface area contributed by atoms with Crippen molar-refractivity contribution in [1.82, 2.24) is 24.9 Å². The lowest BCUT2D eigenvalue weighted by Gasteiger charge is -2.33. The molecule has 1 aliphatic heterocycles. The summed E-state index contributed by atoms with van der Waals surface area (Å²) < 4.78 is 19.5. The normalized spacial score (nSPS) is 16.6. The summed E-state index contributed by atoms with van der Waals surface area (Å²) in [5, 5.41) is 8.31. The Bertz CT molecular complexity index is 981. The molecule has 4 rings (SSSR count). The topological polar surface area (TPSA) is 73.1 Å². The Balaban J connectivity index is 1.46. The van der Waals surface area contributed by atoms with Gasteiger partial charge in [0.1, 0.15) is 5.82 Å². The third-order valence-corrected chi connectivity index (χ3v) is 5.29. The van der Waals surface area contributed by atoms with Crippen LogP contribution in [0.15, 0.2) is 53.4 Å². The third kappa shape index (κ3) is 4.61. The highest BCUT2D eigenvalue weighted by Crippen LogP contribution is 2.24. The Morgan fingerprint density at radius 1 is 1.24 bits per heavy atom. The highest BCUT2D eigenvalue weighted by atomic mass is 79.9. The minimum absolute atomic E-state index is 0.0665. The highest BCUT2D eigenvalue weighted by Gasteiger charge is 2.27. The van der Waals surface area contributed by atoms with Gasteiger partial charge in [-0.25, -0.2) is 9.37 Å². The van der Waals surface area contributed by atoms with E-state index in [9.17, 15) is 9.18 Å². The van der Waals surface area contributed by atoms with Gasteiger partial charge in [0.25, 0.3) is 5.91 Å². The number of hydrogen-bond acceptors (Lipinski definition) is 5. The van der Waals surface area contributed by atoms with Gasteiger partial charge in [-0.1, -0.05) is 15.9 Å². The summed E-state index contributed by atoms with van der Waals surface area (Å²) in [6, 6.07) is 8.30. The summed E-state index contributed by atoms with van der Waals surface area (Å²) in [4.78, 5) is 20.5. The van der Waals surface area contributed by atoms with Crippen LogP contribution >= 0.6 is 15.9 Å².